The summed E-state index contributed by atoms with van der Waals surface area (Å²) in [6.07, 6.45) is 6.47. The smallest absolute Gasteiger partial charge is 0.478 e. The number of hydrogen-bond acceptors (Lipinski definition) is 5. The van der Waals surface area contributed by atoms with Crippen LogP contribution in [0.25, 0.3) is 0 Å². The van der Waals surface area contributed by atoms with E-state index in [1.165, 1.54) is 0 Å². The van der Waals surface area contributed by atoms with E-state index in [1.54, 1.807) is 79.7 Å². The summed E-state index contributed by atoms with van der Waals surface area (Å²) in [5.41, 5.74) is 1.98. The van der Waals surface area contributed by atoms with Gasteiger partial charge in [-0.15, -0.1) is 0 Å². The van der Waals surface area contributed by atoms with E-state index in [-0.39, 0.29) is 61.9 Å². The fourth-order valence-corrected chi connectivity index (χ4v) is 0.692. The van der Waals surface area contributed by atoms with Gasteiger partial charge >= 0.3 is 63.3 Å². The first-order valence-electron chi connectivity index (χ1n) is 8.58. The molecule has 0 aliphatic rings. The predicted molar refractivity (Wildman–Crippen MR) is 135 cm³/mol. The maximum Gasteiger partial charge on any atom is 1.00 e. The Morgan fingerprint density at radius 3 is 0.758 bits per heavy atom. The average Bonchev–Trinajstić information content (AvgIpc) is 2.71. The first kappa shape index (κ1) is 46.5. The first-order valence-corrected chi connectivity index (χ1v) is 12.1. The molecule has 0 fully saturated rings. The molecule has 186 valence electrons. The van der Waals surface area contributed by atoms with Crippen LogP contribution >= 0.6 is 44.6 Å². The number of carbonyl (C=O) groups is 4. The van der Waals surface area contributed by atoms with Gasteiger partial charge in [0.2, 0.25) is 19.7 Å². The minimum atomic E-state index is -1.67. The molecule has 0 heterocycles. The summed E-state index contributed by atoms with van der Waals surface area (Å²) in [5.74, 6) is -1.69. The molecule has 33 heavy (non-hydrogen) atoms. The molecule has 0 unspecified atom stereocenters. The fourth-order valence-electron chi connectivity index (χ4n) is 0.474. The molecular formula is C20H30Cl4KO7S+. The van der Waals surface area contributed by atoms with Gasteiger partial charge in [0, 0.05) is 43.7 Å². The van der Waals surface area contributed by atoms with E-state index < -0.39 is 21.2 Å². The van der Waals surface area contributed by atoms with Gasteiger partial charge in [-0.25, -0.2) is 13.8 Å². The fraction of sp³-hybridized carbons (Fsp3) is 0.400. The van der Waals surface area contributed by atoms with E-state index in [9.17, 15) is 19.2 Å². The Hall–Kier alpha value is 0.186. The van der Waals surface area contributed by atoms with Crippen LogP contribution in [0.5, 0.6) is 0 Å². The van der Waals surface area contributed by atoms with Crippen molar-refractivity contribution in [2.75, 3.05) is 0 Å². The minimum Gasteiger partial charge on any atom is -0.478 e. The van der Waals surface area contributed by atoms with E-state index in [2.05, 4.69) is 21.4 Å². The molecule has 0 rings (SSSR count). The van der Waals surface area contributed by atoms with Crippen LogP contribution in [0.1, 0.15) is 55.4 Å². The molecule has 0 saturated heterocycles. The monoisotopic (exact) mass is 593 g/mol. The summed E-state index contributed by atoms with van der Waals surface area (Å²) in [7, 11) is 7.36. The van der Waals surface area contributed by atoms with Crippen molar-refractivity contribution in [3.63, 3.8) is 0 Å². The maximum atomic E-state index is 10.1. The number of halogens is 4. The van der Waals surface area contributed by atoms with E-state index in [0.717, 1.165) is 0 Å². The van der Waals surface area contributed by atoms with Crippen molar-refractivity contribution in [2.24, 2.45) is 0 Å². The quantitative estimate of drug-likeness (QED) is 0.289. The van der Waals surface area contributed by atoms with Crippen LogP contribution in [0, 0.1) is 0 Å². The second-order valence-corrected chi connectivity index (χ2v) is 8.44. The molecule has 0 aromatic rings. The van der Waals surface area contributed by atoms with Crippen LogP contribution in [-0.2, 0) is 28.4 Å². The number of carboxylic acids is 2. The molecule has 0 aromatic heterocycles. The normalized spacial score (nSPS) is 10.8. The van der Waals surface area contributed by atoms with Crippen LogP contribution in [0.15, 0.2) is 46.6 Å². The van der Waals surface area contributed by atoms with Gasteiger partial charge in [0.15, 0.2) is 0 Å². The summed E-state index contributed by atoms with van der Waals surface area (Å²) in [4.78, 5) is 39.9. The predicted octanol–water partition coefficient (Wildman–Crippen LogP) is 3.56. The molecule has 0 aromatic carbocycles. The standard InChI is InChI=1S/2C5H7ClO.2C5H8O2.Cl2OS.K/c4*1-3-4(2)5(6)7;1-4(2)3;/h2*3H,1-2H3;2*3H,1-2H3,(H,6,7);;/q;;;;;+1/b4-3+;3*4-3-;;. The van der Waals surface area contributed by atoms with Crippen LogP contribution < -0.4 is 51.4 Å². The van der Waals surface area contributed by atoms with Gasteiger partial charge in [-0.3, -0.25) is 9.59 Å². The van der Waals surface area contributed by atoms with Crippen LogP contribution in [0.2, 0.25) is 0 Å². The zero-order valence-corrected chi connectivity index (χ0v) is 27.1. The van der Waals surface area contributed by atoms with Gasteiger partial charge < -0.3 is 10.2 Å². The van der Waals surface area contributed by atoms with Gasteiger partial charge in [-0.2, -0.15) is 0 Å². The Labute approximate surface area is 260 Å². The number of allylic oxidation sites excluding steroid dienone is 6. The van der Waals surface area contributed by atoms with Crippen molar-refractivity contribution in [3.8, 4) is 0 Å². The summed E-state index contributed by atoms with van der Waals surface area (Å²) in [6.45, 7) is 13.4. The molecule has 0 spiro atoms. The van der Waals surface area contributed by atoms with Gasteiger partial charge in [0.25, 0.3) is 0 Å². The Balaban J connectivity index is -0.0000000693. The van der Waals surface area contributed by atoms with Crippen molar-refractivity contribution in [1.82, 2.24) is 0 Å². The van der Waals surface area contributed by atoms with Crippen molar-refractivity contribution < 1.29 is 85.0 Å². The zero-order valence-electron chi connectivity index (χ0n) is 20.2. The topological polar surface area (TPSA) is 126 Å². The molecule has 0 saturated carbocycles. The number of aliphatic carboxylic acids is 2. The molecule has 0 amide bonds. The minimum absolute atomic E-state index is 0. The van der Waals surface area contributed by atoms with Gasteiger partial charge in [0.1, 0.15) is 0 Å². The maximum absolute atomic E-state index is 10.1. The molecule has 7 nitrogen and oxygen atoms in total. The number of carbonyl (C=O) groups excluding carboxylic acids is 2. The molecular weight excluding hydrogens is 565 g/mol. The summed E-state index contributed by atoms with van der Waals surface area (Å²) in [6, 6.07) is 0. The molecule has 0 aliphatic carbocycles. The number of hydrogen-bond donors (Lipinski definition) is 2. The van der Waals surface area contributed by atoms with Crippen molar-refractivity contribution >= 4 is 76.2 Å². The second-order valence-electron chi connectivity index (χ2n) is 5.23. The average molecular weight is 595 g/mol. The Morgan fingerprint density at radius 1 is 0.606 bits per heavy atom. The Bertz CT molecular complexity index is 631. The summed E-state index contributed by atoms with van der Waals surface area (Å²) < 4.78 is 9.09. The Kier molecular flexibility index (Phi) is 45.4. The van der Waals surface area contributed by atoms with Crippen LogP contribution in [0.3, 0.4) is 0 Å². The molecule has 0 atom stereocenters. The number of rotatable bonds is 4. The molecule has 2 N–H and O–H groups in total. The zero-order chi connectivity index (χ0) is 27.0. The van der Waals surface area contributed by atoms with Gasteiger partial charge in [0.05, 0.1) is 0 Å². The van der Waals surface area contributed by atoms with Crippen molar-refractivity contribution in [2.45, 2.75) is 55.4 Å². The first-order chi connectivity index (χ1) is 14.5. The SMILES string of the molecule is C/C=C(/C)C(=O)Cl.C/C=C(/C)C(=O)O.C/C=C(/C)C(=O)O.C/C=C(\C)C(=O)Cl.O=S(Cl)Cl.[K+]. The third-order valence-corrected chi connectivity index (χ3v) is 3.62. The summed E-state index contributed by atoms with van der Waals surface area (Å²) in [5, 5.41) is 15.5. The largest absolute Gasteiger partial charge is 1.00 e. The second kappa shape index (κ2) is 32.2. The van der Waals surface area contributed by atoms with E-state index >= 15 is 0 Å². The summed E-state index contributed by atoms with van der Waals surface area (Å²) >= 11 is 10.0. The molecule has 13 heteroatoms. The van der Waals surface area contributed by atoms with Crippen LogP contribution in [0.4, 0.5) is 0 Å². The van der Waals surface area contributed by atoms with Crippen molar-refractivity contribution in [3.05, 3.63) is 46.6 Å². The van der Waals surface area contributed by atoms with E-state index in [4.69, 9.17) is 37.6 Å². The van der Waals surface area contributed by atoms with E-state index in [0.29, 0.717) is 22.3 Å². The third-order valence-electron chi connectivity index (χ3n) is 3.03. The molecule has 0 aliphatic heterocycles. The Morgan fingerprint density at radius 2 is 0.758 bits per heavy atom. The third kappa shape index (κ3) is 50.1. The van der Waals surface area contributed by atoms with Crippen LogP contribution in [-0.4, -0.2) is 36.8 Å². The van der Waals surface area contributed by atoms with Gasteiger partial charge in [-0.05, 0) is 78.6 Å². The van der Waals surface area contributed by atoms with E-state index in [1.807, 2.05) is 0 Å². The molecule has 0 radical (unpaired) electrons. The van der Waals surface area contributed by atoms with Crippen molar-refractivity contribution in [1.29, 1.82) is 0 Å². The molecule has 0 bridgehead atoms. The number of carboxylic acid groups (broad SMARTS) is 2. The van der Waals surface area contributed by atoms with Gasteiger partial charge in [-0.1, -0.05) is 24.3 Å².